The normalized spacial score (nSPS) is 6.71. The van der Waals surface area contributed by atoms with E-state index in [1.807, 2.05) is 6.08 Å². The van der Waals surface area contributed by atoms with Crippen LogP contribution in [0.15, 0.2) is 12.7 Å². The van der Waals surface area contributed by atoms with Crippen molar-refractivity contribution in [2.24, 2.45) is 0 Å². The monoisotopic (exact) mass is 128 g/mol. The van der Waals surface area contributed by atoms with E-state index in [9.17, 15) is 0 Å². The largest absolute Gasteiger partial charge is 0.324 e. The van der Waals surface area contributed by atoms with Gasteiger partial charge in [0.1, 0.15) is 0 Å². The number of allylic oxidation sites excluding steroid dienone is 1. The minimum Gasteiger partial charge on any atom is -0.310 e. The summed E-state index contributed by atoms with van der Waals surface area (Å²) in [5.41, 5.74) is 0. The van der Waals surface area contributed by atoms with E-state index in [-0.39, 0.29) is 0 Å². The molecule has 0 aromatic rings. The molecule has 0 rings (SSSR count). The van der Waals surface area contributed by atoms with Gasteiger partial charge in [0.2, 0.25) is 0 Å². The second-order valence-corrected chi connectivity index (χ2v) is 1.76. The van der Waals surface area contributed by atoms with Crippen molar-refractivity contribution >= 4 is 36.6 Å². The Morgan fingerprint density at radius 2 is 2.14 bits per heavy atom. The fraction of sp³-hybridized carbons (Fsp3) is 0.333. The molecule has 0 bridgehead atoms. The smallest absolute Gasteiger partial charge is 0.310 e. The Bertz CT molecular complexity index is 48.2. The standard InChI is InChI=1S/C3H5.Na.HO2P/c1-3-2;;1-3-2/h3H,1-2H2;;(H,1,2). The third-order valence-electron chi connectivity index (χ3n) is 0.289. The topological polar surface area (TPSA) is 37.3 Å². The summed E-state index contributed by atoms with van der Waals surface area (Å²) in [6, 6.07) is 0. The maximum absolute atomic E-state index is 8.46. The molecule has 0 saturated heterocycles. The Kier molecular flexibility index (Phi) is 24.3. The summed E-state index contributed by atoms with van der Waals surface area (Å²) in [5, 5.41) is 0. The van der Waals surface area contributed by atoms with E-state index in [0.29, 0.717) is 0 Å². The van der Waals surface area contributed by atoms with Crippen LogP contribution in [-0.4, -0.2) is 32.8 Å². The van der Waals surface area contributed by atoms with Crippen LogP contribution < -0.4 is 0 Å². The van der Waals surface area contributed by atoms with Crippen molar-refractivity contribution in [2.75, 3.05) is 0 Å². The minimum atomic E-state index is -0.833. The maximum Gasteiger partial charge on any atom is 0.324 e. The molecule has 0 atom stereocenters. The van der Waals surface area contributed by atoms with Crippen LogP contribution in [0.3, 0.4) is 0 Å². The molecule has 0 aromatic carbocycles. The van der Waals surface area contributed by atoms with Gasteiger partial charge in [-0.2, -0.15) is 0 Å². The molecule has 7 heavy (non-hydrogen) atoms. The Labute approximate surface area is 62.3 Å². The second kappa shape index (κ2) is 15.8. The summed E-state index contributed by atoms with van der Waals surface area (Å²) >= 11 is 1.27. The molecule has 36 valence electrons. The number of hydrogen-bond donors (Lipinski definition) is 1. The van der Waals surface area contributed by atoms with Crippen LogP contribution in [0.2, 0.25) is 3.67 Å². The molecule has 0 aliphatic carbocycles. The average Bonchev–Trinajstić information content (AvgIpc) is 1.69. The van der Waals surface area contributed by atoms with E-state index in [1.165, 1.54) is 31.6 Å². The van der Waals surface area contributed by atoms with Gasteiger partial charge in [-0.05, 0) is 0 Å². The SMILES string of the molecule is C=C[CH2][Na].O=PO. The minimum absolute atomic E-state index is 0.833. The molecule has 4 heteroatoms. The first-order chi connectivity index (χ1) is 3.33. The summed E-state index contributed by atoms with van der Waals surface area (Å²) < 4.78 is 9.68. The molecular formula is C3H6NaO2P. The van der Waals surface area contributed by atoms with Crippen LogP contribution in [0.1, 0.15) is 0 Å². The van der Waals surface area contributed by atoms with Gasteiger partial charge >= 0.3 is 52.9 Å². The molecule has 0 heterocycles. The second-order valence-electron chi connectivity index (χ2n) is 0.779. The molecule has 1 N–H and O–H groups in total. The van der Waals surface area contributed by atoms with Crippen molar-refractivity contribution in [1.29, 1.82) is 0 Å². The summed E-state index contributed by atoms with van der Waals surface area (Å²) in [4.78, 5) is 6.99. The van der Waals surface area contributed by atoms with E-state index in [4.69, 9.17) is 9.46 Å². The first-order valence-electron chi connectivity index (χ1n) is 1.91. The van der Waals surface area contributed by atoms with Gasteiger partial charge in [0.15, 0.2) is 0 Å². The molecule has 0 spiro atoms. The zero-order chi connectivity index (χ0) is 6.12. The van der Waals surface area contributed by atoms with Crippen molar-refractivity contribution in [2.45, 2.75) is 3.67 Å². The van der Waals surface area contributed by atoms with Crippen molar-refractivity contribution in [3.63, 3.8) is 0 Å². The van der Waals surface area contributed by atoms with Gasteiger partial charge in [-0.1, -0.05) is 0 Å². The molecule has 0 aliphatic heterocycles. The fourth-order valence-corrected chi connectivity index (χ4v) is 0. The van der Waals surface area contributed by atoms with Crippen molar-refractivity contribution in [3.8, 4) is 0 Å². The molecule has 2 nitrogen and oxygen atoms in total. The quantitative estimate of drug-likeness (QED) is 0.324. The van der Waals surface area contributed by atoms with Crippen LogP contribution in [0, 0.1) is 0 Å². The van der Waals surface area contributed by atoms with E-state index < -0.39 is 8.69 Å². The maximum atomic E-state index is 8.46. The van der Waals surface area contributed by atoms with Gasteiger partial charge in [0, 0.05) is 0 Å². The van der Waals surface area contributed by atoms with Gasteiger partial charge in [0.25, 0.3) is 0 Å². The summed E-state index contributed by atoms with van der Waals surface area (Å²) in [6.07, 6.45) is 1.94. The summed E-state index contributed by atoms with van der Waals surface area (Å²) in [6.45, 7) is 3.51. The Morgan fingerprint density at radius 1 is 2.00 bits per heavy atom. The molecule has 0 unspecified atom stereocenters. The number of rotatable bonds is 1. The zero-order valence-electron chi connectivity index (χ0n) is 4.29. The van der Waals surface area contributed by atoms with Crippen LogP contribution in [0.25, 0.3) is 0 Å². The molecule has 0 fully saturated rings. The predicted octanol–water partition coefficient (Wildman–Crippen LogP) is 0.945. The van der Waals surface area contributed by atoms with Crippen LogP contribution >= 0.6 is 8.69 Å². The molecule has 0 aliphatic rings. The Morgan fingerprint density at radius 3 is 2.14 bits per heavy atom. The van der Waals surface area contributed by atoms with Crippen molar-refractivity contribution in [3.05, 3.63) is 12.7 Å². The first-order valence-corrected chi connectivity index (χ1v) is 4.09. The third kappa shape index (κ3) is 48.4. The van der Waals surface area contributed by atoms with Gasteiger partial charge < -0.3 is 4.89 Å². The van der Waals surface area contributed by atoms with Crippen molar-refractivity contribution in [1.82, 2.24) is 0 Å². The van der Waals surface area contributed by atoms with Crippen LogP contribution in [-0.2, 0) is 4.57 Å². The Balaban J connectivity index is 0. The van der Waals surface area contributed by atoms with E-state index in [1.54, 1.807) is 0 Å². The molecule has 0 amide bonds. The zero-order valence-corrected chi connectivity index (χ0v) is 7.19. The third-order valence-corrected chi connectivity index (χ3v) is 0.866. The predicted molar refractivity (Wildman–Crippen MR) is 30.6 cm³/mol. The van der Waals surface area contributed by atoms with E-state index >= 15 is 0 Å². The fourth-order valence-electron chi connectivity index (χ4n) is 0. The van der Waals surface area contributed by atoms with E-state index in [0.717, 1.165) is 0 Å². The molecule has 0 radical (unpaired) electrons. The van der Waals surface area contributed by atoms with Crippen LogP contribution in [0.5, 0.6) is 0 Å². The first kappa shape index (κ1) is 10.7. The van der Waals surface area contributed by atoms with Crippen molar-refractivity contribution < 1.29 is 9.46 Å². The Hall–Kier alpha value is 0.800. The average molecular weight is 128 g/mol. The van der Waals surface area contributed by atoms with Gasteiger partial charge in [-0.15, -0.1) is 0 Å². The van der Waals surface area contributed by atoms with Gasteiger partial charge in [-0.3, -0.25) is 0 Å². The van der Waals surface area contributed by atoms with E-state index in [2.05, 4.69) is 6.58 Å². The summed E-state index contributed by atoms with van der Waals surface area (Å²) in [5.74, 6) is 0. The van der Waals surface area contributed by atoms with Crippen LogP contribution in [0.4, 0.5) is 0 Å². The molecule has 0 aromatic heterocycles. The van der Waals surface area contributed by atoms with Gasteiger partial charge in [-0.25, -0.2) is 4.57 Å². The molecule has 0 saturated carbocycles. The summed E-state index contributed by atoms with van der Waals surface area (Å²) in [7, 11) is -0.833. The number of hydrogen-bond acceptors (Lipinski definition) is 1. The molecular weight excluding hydrogens is 122 g/mol. The van der Waals surface area contributed by atoms with Gasteiger partial charge in [0.05, 0.1) is 0 Å².